The topological polar surface area (TPSA) is 130 Å². The van der Waals surface area contributed by atoms with Crippen LogP contribution in [-0.2, 0) is 18.8 Å². The second-order valence-corrected chi connectivity index (χ2v) is 7.86. The molecule has 0 saturated heterocycles. The second-order valence-electron chi connectivity index (χ2n) is 6.65. The van der Waals surface area contributed by atoms with Gasteiger partial charge >= 0.3 is 45.9 Å². The SMILES string of the molecule is CCCCCCCCCCCCOS(=O)(=O)OC(=O)c1cc(O)c(O)c(O)c1.[NaH]. The van der Waals surface area contributed by atoms with Crippen molar-refractivity contribution in [2.45, 2.75) is 71.1 Å². The summed E-state index contributed by atoms with van der Waals surface area (Å²) in [5, 5.41) is 27.9. The fourth-order valence-electron chi connectivity index (χ4n) is 2.64. The van der Waals surface area contributed by atoms with Gasteiger partial charge in [-0.1, -0.05) is 64.7 Å². The molecule has 0 bridgehead atoms. The van der Waals surface area contributed by atoms with Crippen LogP contribution >= 0.6 is 0 Å². The van der Waals surface area contributed by atoms with Crippen LogP contribution < -0.4 is 0 Å². The quantitative estimate of drug-likeness (QED) is 0.227. The summed E-state index contributed by atoms with van der Waals surface area (Å²) in [6, 6.07) is 1.55. The van der Waals surface area contributed by atoms with Crippen molar-refractivity contribution in [1.82, 2.24) is 0 Å². The van der Waals surface area contributed by atoms with Crippen molar-refractivity contribution in [1.29, 1.82) is 0 Å². The summed E-state index contributed by atoms with van der Waals surface area (Å²) in [7, 11) is -4.55. The van der Waals surface area contributed by atoms with Crippen LogP contribution in [0.5, 0.6) is 17.2 Å². The number of phenolic OH excluding ortho intramolecular Hbond substituents is 3. The average Bonchev–Trinajstić information content (AvgIpc) is 2.63. The van der Waals surface area contributed by atoms with Crippen molar-refractivity contribution in [3.8, 4) is 17.2 Å². The molecule has 0 unspecified atom stereocenters. The first-order valence-corrected chi connectivity index (χ1v) is 11.0. The maximum atomic E-state index is 11.8. The van der Waals surface area contributed by atoms with Gasteiger partial charge in [-0.3, -0.25) is 0 Å². The van der Waals surface area contributed by atoms with E-state index in [9.17, 15) is 28.5 Å². The first-order valence-electron chi connectivity index (χ1n) is 9.65. The van der Waals surface area contributed by atoms with Gasteiger partial charge in [0.25, 0.3) is 0 Å². The van der Waals surface area contributed by atoms with Crippen molar-refractivity contribution in [2.24, 2.45) is 0 Å². The molecule has 3 N–H and O–H groups in total. The van der Waals surface area contributed by atoms with Crippen LogP contribution in [0.25, 0.3) is 0 Å². The first kappa shape index (κ1) is 28.0. The Morgan fingerprint density at radius 2 is 1.31 bits per heavy atom. The summed E-state index contributed by atoms with van der Waals surface area (Å²) in [5.74, 6) is -3.73. The van der Waals surface area contributed by atoms with Gasteiger partial charge in [0.1, 0.15) is 0 Å². The van der Waals surface area contributed by atoms with Crippen LogP contribution in [0.1, 0.15) is 81.5 Å². The van der Waals surface area contributed by atoms with Crippen LogP contribution in [0, 0.1) is 0 Å². The third kappa shape index (κ3) is 11.7. The van der Waals surface area contributed by atoms with Crippen molar-refractivity contribution >= 4 is 45.9 Å². The van der Waals surface area contributed by atoms with Crippen molar-refractivity contribution < 1.29 is 36.9 Å². The van der Waals surface area contributed by atoms with Crippen molar-refractivity contribution in [2.75, 3.05) is 6.61 Å². The predicted octanol–water partition coefficient (Wildman–Crippen LogP) is 3.49. The summed E-state index contributed by atoms with van der Waals surface area (Å²) >= 11 is 0. The number of hydrogen-bond acceptors (Lipinski definition) is 8. The minimum atomic E-state index is -4.55. The van der Waals surface area contributed by atoms with Gasteiger partial charge in [-0.2, -0.15) is 8.42 Å². The molecule has 1 aromatic rings. The van der Waals surface area contributed by atoms with Crippen LogP contribution in [0.15, 0.2) is 12.1 Å². The molecule has 0 fully saturated rings. The molecule has 0 aliphatic rings. The van der Waals surface area contributed by atoms with E-state index in [0.717, 1.165) is 31.4 Å². The normalized spacial score (nSPS) is 11.1. The zero-order valence-corrected chi connectivity index (χ0v) is 17.0. The molecule has 162 valence electrons. The summed E-state index contributed by atoms with van der Waals surface area (Å²) in [6.45, 7) is 2.09. The van der Waals surface area contributed by atoms with Crippen molar-refractivity contribution in [3.63, 3.8) is 0 Å². The molecule has 0 saturated carbocycles. The van der Waals surface area contributed by atoms with Gasteiger partial charge in [-0.15, -0.1) is 0 Å². The van der Waals surface area contributed by atoms with Crippen molar-refractivity contribution in [3.05, 3.63) is 17.7 Å². The molecule has 29 heavy (non-hydrogen) atoms. The molecule has 0 amide bonds. The Morgan fingerprint density at radius 1 is 0.862 bits per heavy atom. The van der Waals surface area contributed by atoms with Gasteiger partial charge in [-0.25, -0.2) is 8.98 Å². The number of hydrogen-bond donors (Lipinski definition) is 3. The Bertz CT molecular complexity index is 698. The van der Waals surface area contributed by atoms with Gasteiger partial charge in [0.15, 0.2) is 17.2 Å². The summed E-state index contributed by atoms with van der Waals surface area (Å²) < 4.78 is 32.2. The fraction of sp³-hybridized carbons (Fsp3) is 0.632. The molecule has 0 radical (unpaired) electrons. The molecule has 0 heterocycles. The number of benzene rings is 1. The van der Waals surface area contributed by atoms with Crippen LogP contribution in [0.3, 0.4) is 0 Å². The Balaban J connectivity index is 0.00000784. The van der Waals surface area contributed by atoms with Crippen LogP contribution in [0.2, 0.25) is 0 Å². The zero-order chi connectivity index (χ0) is 21.0. The number of aromatic hydroxyl groups is 3. The Hall–Kier alpha value is -1.00. The van der Waals surface area contributed by atoms with E-state index in [0.29, 0.717) is 6.42 Å². The van der Waals surface area contributed by atoms with Gasteiger partial charge in [0.2, 0.25) is 0 Å². The monoisotopic (exact) mass is 442 g/mol. The molecule has 0 atom stereocenters. The van der Waals surface area contributed by atoms with E-state index < -0.39 is 39.2 Å². The van der Waals surface area contributed by atoms with E-state index in [1.807, 2.05) is 0 Å². The van der Waals surface area contributed by atoms with Gasteiger partial charge in [0.05, 0.1) is 12.2 Å². The second kappa shape index (κ2) is 14.9. The summed E-state index contributed by atoms with van der Waals surface area (Å²) in [4.78, 5) is 11.8. The average molecular weight is 443 g/mol. The molecule has 1 aromatic carbocycles. The van der Waals surface area contributed by atoms with E-state index in [2.05, 4.69) is 15.3 Å². The number of rotatable bonds is 14. The minimum absolute atomic E-state index is 0. The summed E-state index contributed by atoms with van der Waals surface area (Å²) in [5.41, 5.74) is -0.445. The Kier molecular flexibility index (Phi) is 14.4. The molecule has 0 aliphatic carbocycles. The van der Waals surface area contributed by atoms with Gasteiger partial charge < -0.3 is 19.5 Å². The van der Waals surface area contributed by atoms with E-state index in [-0.39, 0.29) is 36.2 Å². The predicted molar refractivity (Wildman–Crippen MR) is 111 cm³/mol. The fourth-order valence-corrected chi connectivity index (χ4v) is 3.29. The van der Waals surface area contributed by atoms with E-state index in [1.165, 1.54) is 38.5 Å². The van der Waals surface area contributed by atoms with E-state index in [4.69, 9.17) is 0 Å². The zero-order valence-electron chi connectivity index (χ0n) is 16.2. The van der Waals surface area contributed by atoms with Gasteiger partial charge in [-0.05, 0) is 18.6 Å². The molecule has 8 nitrogen and oxygen atoms in total. The maximum absolute atomic E-state index is 11.8. The molecule has 0 aliphatic heterocycles. The number of carbonyl (C=O) groups excluding carboxylic acids is 1. The molecule has 1 rings (SSSR count). The standard InChI is InChI=1S/C19H30O8S.Na.H/c1-2-3-4-5-6-7-8-9-10-11-12-26-28(24,25)27-19(23)15-13-16(20)18(22)17(21)14-15;;/h13-14,20-22H,2-12H2,1H3;;. The Morgan fingerprint density at radius 3 is 1.79 bits per heavy atom. The number of phenols is 3. The van der Waals surface area contributed by atoms with E-state index in [1.54, 1.807) is 0 Å². The molecule has 0 aromatic heterocycles. The molecule has 10 heteroatoms. The van der Waals surface area contributed by atoms with E-state index >= 15 is 0 Å². The summed E-state index contributed by atoms with van der Waals surface area (Å²) in [6.07, 6.45) is 10.9. The van der Waals surface area contributed by atoms with Gasteiger partial charge in [0, 0.05) is 0 Å². The number of unbranched alkanes of at least 4 members (excludes halogenated alkanes) is 9. The third-order valence-electron chi connectivity index (χ3n) is 4.21. The molecular formula is C19H31NaO8S. The van der Waals surface area contributed by atoms with Crippen LogP contribution in [-0.4, -0.2) is 65.9 Å². The van der Waals surface area contributed by atoms with Crippen LogP contribution in [0.4, 0.5) is 0 Å². The third-order valence-corrected chi connectivity index (χ3v) is 5.02. The molecular weight excluding hydrogens is 411 g/mol. The first-order chi connectivity index (χ1) is 13.3. The molecule has 0 spiro atoms. The Labute approximate surface area is 194 Å². The number of carbonyl (C=O) groups is 1.